The second-order valence-corrected chi connectivity index (χ2v) is 5.30. The van der Waals surface area contributed by atoms with Gasteiger partial charge in [-0.15, -0.1) is 0 Å². The fraction of sp³-hybridized carbons (Fsp3) is 0.316. The monoisotopic (exact) mass is 312 g/mol. The minimum absolute atomic E-state index is 0.0575. The van der Waals surface area contributed by atoms with Crippen LogP contribution in [0.15, 0.2) is 54.6 Å². The zero-order valence-electron chi connectivity index (χ0n) is 13.5. The highest BCUT2D eigenvalue weighted by atomic mass is 16.5. The number of hydrogen-bond acceptors (Lipinski definition) is 3. The van der Waals surface area contributed by atoms with Crippen LogP contribution in [0, 0.1) is 0 Å². The number of hydrogen-bond donors (Lipinski definition) is 2. The standard InChI is InChI=1S/C19H24N2O2/c1-2-12-20-13-14-21-19(22)17-8-10-18(11-9-17)23-15-16-6-4-3-5-7-16/h3-11,20H,2,12-15H2,1H3,(H,21,22). The molecule has 1 amide bonds. The van der Waals surface area contributed by atoms with Crippen molar-refractivity contribution in [2.24, 2.45) is 0 Å². The molecule has 0 unspecified atom stereocenters. The Morgan fingerprint density at radius 2 is 1.70 bits per heavy atom. The molecule has 4 nitrogen and oxygen atoms in total. The second-order valence-electron chi connectivity index (χ2n) is 5.30. The third kappa shape index (κ3) is 6.12. The van der Waals surface area contributed by atoms with Gasteiger partial charge in [-0.05, 0) is 42.8 Å². The second kappa shape index (κ2) is 9.64. The van der Waals surface area contributed by atoms with Crippen LogP contribution in [0.4, 0.5) is 0 Å². The van der Waals surface area contributed by atoms with Gasteiger partial charge in [-0.2, -0.15) is 0 Å². The molecule has 2 aromatic rings. The van der Waals surface area contributed by atoms with E-state index in [9.17, 15) is 4.79 Å². The van der Waals surface area contributed by atoms with Gasteiger partial charge in [0.15, 0.2) is 0 Å². The van der Waals surface area contributed by atoms with Crippen molar-refractivity contribution < 1.29 is 9.53 Å². The highest BCUT2D eigenvalue weighted by molar-refractivity contribution is 5.94. The number of amides is 1. The Kier molecular flexibility index (Phi) is 7.14. The van der Waals surface area contributed by atoms with Crippen LogP contribution in [0.1, 0.15) is 29.3 Å². The molecule has 0 saturated heterocycles. The molecule has 0 spiro atoms. The summed E-state index contributed by atoms with van der Waals surface area (Å²) in [4.78, 5) is 12.0. The van der Waals surface area contributed by atoms with E-state index in [-0.39, 0.29) is 5.91 Å². The van der Waals surface area contributed by atoms with E-state index in [0.29, 0.717) is 18.7 Å². The summed E-state index contributed by atoms with van der Waals surface area (Å²) in [6.07, 6.45) is 1.10. The van der Waals surface area contributed by atoms with Crippen LogP contribution in [-0.2, 0) is 6.61 Å². The molecule has 0 radical (unpaired) electrons. The van der Waals surface area contributed by atoms with Gasteiger partial charge in [-0.1, -0.05) is 37.3 Å². The summed E-state index contributed by atoms with van der Waals surface area (Å²) in [7, 11) is 0. The maximum atomic E-state index is 12.0. The topological polar surface area (TPSA) is 50.4 Å². The molecule has 4 heteroatoms. The number of carbonyl (C=O) groups is 1. The first-order valence-electron chi connectivity index (χ1n) is 8.05. The van der Waals surface area contributed by atoms with E-state index in [0.717, 1.165) is 30.8 Å². The lowest BCUT2D eigenvalue weighted by Gasteiger charge is -2.08. The van der Waals surface area contributed by atoms with Crippen LogP contribution >= 0.6 is 0 Å². The fourth-order valence-corrected chi connectivity index (χ4v) is 2.11. The van der Waals surface area contributed by atoms with Crippen LogP contribution in [0.3, 0.4) is 0 Å². The molecule has 122 valence electrons. The molecule has 2 N–H and O–H groups in total. The average Bonchev–Trinajstić information content (AvgIpc) is 2.61. The maximum Gasteiger partial charge on any atom is 0.251 e. The number of ether oxygens (including phenoxy) is 1. The zero-order valence-corrected chi connectivity index (χ0v) is 13.5. The first kappa shape index (κ1) is 17.0. The minimum atomic E-state index is -0.0575. The summed E-state index contributed by atoms with van der Waals surface area (Å²) in [6.45, 7) is 5.04. The van der Waals surface area contributed by atoms with Gasteiger partial charge in [0.25, 0.3) is 5.91 Å². The Hall–Kier alpha value is -2.33. The van der Waals surface area contributed by atoms with Crippen LogP contribution in [0.2, 0.25) is 0 Å². The summed E-state index contributed by atoms with van der Waals surface area (Å²) >= 11 is 0. The van der Waals surface area contributed by atoms with Crippen LogP contribution in [0.25, 0.3) is 0 Å². The van der Waals surface area contributed by atoms with Crippen molar-refractivity contribution in [2.45, 2.75) is 20.0 Å². The van der Waals surface area contributed by atoms with Crippen molar-refractivity contribution in [1.29, 1.82) is 0 Å². The lowest BCUT2D eigenvalue weighted by molar-refractivity contribution is 0.0954. The molecule has 2 rings (SSSR count). The maximum absolute atomic E-state index is 12.0. The molecule has 0 fully saturated rings. The van der Waals surface area contributed by atoms with Gasteiger partial charge in [0.05, 0.1) is 0 Å². The molecule has 0 aliphatic rings. The third-order valence-corrected chi connectivity index (χ3v) is 3.38. The predicted molar refractivity (Wildman–Crippen MR) is 92.7 cm³/mol. The van der Waals surface area contributed by atoms with Crippen molar-refractivity contribution in [3.8, 4) is 5.75 Å². The Morgan fingerprint density at radius 1 is 0.957 bits per heavy atom. The Morgan fingerprint density at radius 3 is 2.39 bits per heavy atom. The summed E-state index contributed by atoms with van der Waals surface area (Å²) < 4.78 is 5.71. The number of carbonyl (C=O) groups excluding carboxylic acids is 1. The molecule has 0 aromatic heterocycles. The van der Waals surface area contributed by atoms with E-state index in [1.807, 2.05) is 42.5 Å². The van der Waals surface area contributed by atoms with Gasteiger partial charge in [0.2, 0.25) is 0 Å². The quantitative estimate of drug-likeness (QED) is 0.700. The number of rotatable bonds is 9. The molecule has 0 bridgehead atoms. The summed E-state index contributed by atoms with van der Waals surface area (Å²) in [5.41, 5.74) is 1.77. The number of benzene rings is 2. The van der Waals surface area contributed by atoms with Crippen LogP contribution < -0.4 is 15.4 Å². The first-order valence-corrected chi connectivity index (χ1v) is 8.05. The lowest BCUT2D eigenvalue weighted by Crippen LogP contribution is -2.32. The molecule has 23 heavy (non-hydrogen) atoms. The zero-order chi connectivity index (χ0) is 16.3. The predicted octanol–water partition coefficient (Wildman–Crippen LogP) is 3.00. The molecule has 0 saturated carbocycles. The largest absolute Gasteiger partial charge is 0.489 e. The molecule has 0 atom stereocenters. The van der Waals surface area contributed by atoms with E-state index >= 15 is 0 Å². The Balaban J connectivity index is 1.76. The van der Waals surface area contributed by atoms with Gasteiger partial charge in [0.1, 0.15) is 12.4 Å². The average molecular weight is 312 g/mol. The van der Waals surface area contributed by atoms with Gasteiger partial charge >= 0.3 is 0 Å². The van der Waals surface area contributed by atoms with E-state index in [1.54, 1.807) is 12.1 Å². The van der Waals surface area contributed by atoms with Gasteiger partial charge in [-0.3, -0.25) is 4.79 Å². The molecule has 0 aliphatic heterocycles. The number of nitrogens with one attached hydrogen (secondary N) is 2. The SMILES string of the molecule is CCCNCCNC(=O)c1ccc(OCc2ccccc2)cc1. The van der Waals surface area contributed by atoms with Gasteiger partial charge in [-0.25, -0.2) is 0 Å². The van der Waals surface area contributed by atoms with Gasteiger partial charge in [0, 0.05) is 18.7 Å². The molecular weight excluding hydrogens is 288 g/mol. The van der Waals surface area contributed by atoms with Crippen molar-refractivity contribution in [3.63, 3.8) is 0 Å². The fourth-order valence-electron chi connectivity index (χ4n) is 2.11. The van der Waals surface area contributed by atoms with Crippen molar-refractivity contribution >= 4 is 5.91 Å². The van der Waals surface area contributed by atoms with E-state index < -0.39 is 0 Å². The third-order valence-electron chi connectivity index (χ3n) is 3.38. The minimum Gasteiger partial charge on any atom is -0.489 e. The summed E-state index contributed by atoms with van der Waals surface area (Å²) in [5, 5.41) is 6.14. The molecular formula is C19H24N2O2. The summed E-state index contributed by atoms with van der Waals surface area (Å²) in [6, 6.07) is 17.2. The molecule has 0 aliphatic carbocycles. The molecule has 0 heterocycles. The first-order chi connectivity index (χ1) is 11.3. The van der Waals surface area contributed by atoms with E-state index in [4.69, 9.17) is 4.74 Å². The normalized spacial score (nSPS) is 10.3. The highest BCUT2D eigenvalue weighted by Gasteiger charge is 2.04. The Bertz CT molecular complexity index is 582. The van der Waals surface area contributed by atoms with E-state index in [1.165, 1.54) is 0 Å². The summed E-state index contributed by atoms with van der Waals surface area (Å²) in [5.74, 6) is 0.702. The van der Waals surface area contributed by atoms with Gasteiger partial charge < -0.3 is 15.4 Å². The van der Waals surface area contributed by atoms with Crippen molar-refractivity contribution in [1.82, 2.24) is 10.6 Å². The van der Waals surface area contributed by atoms with E-state index in [2.05, 4.69) is 17.6 Å². The van der Waals surface area contributed by atoms with Crippen molar-refractivity contribution in [2.75, 3.05) is 19.6 Å². The van der Waals surface area contributed by atoms with Crippen molar-refractivity contribution in [3.05, 3.63) is 65.7 Å². The smallest absolute Gasteiger partial charge is 0.251 e. The molecule has 2 aromatic carbocycles. The highest BCUT2D eigenvalue weighted by Crippen LogP contribution is 2.14. The Labute approximate surface area is 137 Å². The lowest BCUT2D eigenvalue weighted by atomic mass is 10.2. The van der Waals surface area contributed by atoms with Crippen LogP contribution in [0.5, 0.6) is 5.75 Å². The van der Waals surface area contributed by atoms with Crippen LogP contribution in [-0.4, -0.2) is 25.5 Å².